The zero-order valence-electron chi connectivity index (χ0n) is 24.7. The number of benzene rings is 1. The number of nitrogens with zero attached hydrogens (tertiary/aromatic N) is 4. The third kappa shape index (κ3) is 6.37. The van der Waals surface area contributed by atoms with Crippen molar-refractivity contribution in [2.24, 2.45) is 0 Å². The summed E-state index contributed by atoms with van der Waals surface area (Å²) in [6, 6.07) is 5.50. The van der Waals surface area contributed by atoms with E-state index in [0.717, 1.165) is 5.56 Å². The molecule has 4 saturated heterocycles. The second kappa shape index (κ2) is 13.1. The summed E-state index contributed by atoms with van der Waals surface area (Å²) in [7, 11) is 0. The van der Waals surface area contributed by atoms with Crippen molar-refractivity contribution in [2.45, 2.75) is 94.9 Å². The number of rotatable bonds is 8. The molecule has 4 aliphatic rings. The number of carboxylic acids is 1. The van der Waals surface area contributed by atoms with Gasteiger partial charge in [-0.3, -0.25) is 24.0 Å². The van der Waals surface area contributed by atoms with Gasteiger partial charge in [-0.05, 0) is 56.9 Å². The molecule has 43 heavy (non-hydrogen) atoms. The van der Waals surface area contributed by atoms with Crippen molar-refractivity contribution in [3.05, 3.63) is 35.9 Å². The van der Waals surface area contributed by atoms with E-state index in [9.17, 15) is 33.9 Å². The summed E-state index contributed by atoms with van der Waals surface area (Å²) in [5, 5.41) is 12.3. The fourth-order valence-electron chi connectivity index (χ4n) is 7.22. The van der Waals surface area contributed by atoms with Gasteiger partial charge in [0.15, 0.2) is 0 Å². The number of carbonyl (C=O) groups excluding carboxylic acids is 5. The van der Waals surface area contributed by atoms with Crippen molar-refractivity contribution >= 4 is 35.5 Å². The van der Waals surface area contributed by atoms with Crippen molar-refractivity contribution in [2.75, 3.05) is 26.2 Å². The summed E-state index contributed by atoms with van der Waals surface area (Å²) in [5.74, 6) is -2.59. The number of carbonyl (C=O) groups is 6. The van der Waals surface area contributed by atoms with Crippen LogP contribution in [0.4, 0.5) is 0 Å². The quantitative estimate of drug-likeness (QED) is 0.452. The number of nitrogens with one attached hydrogen (secondary N) is 1. The largest absolute Gasteiger partial charge is 0.480 e. The average molecular weight is 596 g/mol. The lowest BCUT2D eigenvalue weighted by atomic mass is 10.0. The Morgan fingerprint density at radius 2 is 1.12 bits per heavy atom. The Balaban J connectivity index is 1.29. The molecule has 4 heterocycles. The molecule has 0 saturated carbocycles. The third-order valence-electron chi connectivity index (χ3n) is 9.24. The molecule has 12 heteroatoms. The first-order chi connectivity index (χ1) is 20.7. The molecular formula is C31H41N5O7. The molecule has 0 aromatic heterocycles. The number of likely N-dealkylation sites (tertiary alicyclic amines) is 4. The third-order valence-corrected chi connectivity index (χ3v) is 9.24. The topological polar surface area (TPSA) is 148 Å². The molecule has 0 spiro atoms. The van der Waals surface area contributed by atoms with Gasteiger partial charge in [-0.1, -0.05) is 30.3 Å². The van der Waals surface area contributed by atoms with E-state index in [1.165, 1.54) is 11.8 Å². The summed E-state index contributed by atoms with van der Waals surface area (Å²) in [4.78, 5) is 84.7. The van der Waals surface area contributed by atoms with Gasteiger partial charge >= 0.3 is 5.97 Å². The lowest BCUT2D eigenvalue weighted by Gasteiger charge is -2.35. The fraction of sp³-hybridized carbons (Fsp3) is 0.613. The van der Waals surface area contributed by atoms with Crippen LogP contribution in [-0.4, -0.2) is 117 Å². The Labute approximate surface area is 251 Å². The molecule has 0 radical (unpaired) electrons. The molecule has 5 atom stereocenters. The highest BCUT2D eigenvalue weighted by molar-refractivity contribution is 5.97. The minimum absolute atomic E-state index is 0.282. The summed E-state index contributed by atoms with van der Waals surface area (Å²) in [6.45, 7) is 2.87. The van der Waals surface area contributed by atoms with Crippen LogP contribution in [0.1, 0.15) is 63.9 Å². The maximum atomic E-state index is 14.0. The van der Waals surface area contributed by atoms with Gasteiger partial charge in [0.05, 0.1) is 0 Å². The molecule has 1 aromatic carbocycles. The van der Waals surface area contributed by atoms with Gasteiger partial charge in [-0.15, -0.1) is 0 Å². The zero-order valence-corrected chi connectivity index (χ0v) is 24.7. The first kappa shape index (κ1) is 30.5. The highest BCUT2D eigenvalue weighted by Crippen LogP contribution is 2.30. The van der Waals surface area contributed by atoms with Crippen LogP contribution in [0.25, 0.3) is 0 Å². The van der Waals surface area contributed by atoms with Gasteiger partial charge in [0.1, 0.15) is 30.2 Å². The molecule has 232 valence electrons. The molecule has 5 rings (SSSR count). The lowest BCUT2D eigenvalue weighted by molar-refractivity contribution is -0.154. The lowest BCUT2D eigenvalue weighted by Crippen LogP contribution is -2.58. The first-order valence-electron chi connectivity index (χ1n) is 15.4. The maximum absolute atomic E-state index is 14.0. The number of carboxylic acid groups (broad SMARTS) is 1. The number of hydrogen-bond donors (Lipinski definition) is 2. The van der Waals surface area contributed by atoms with E-state index < -0.39 is 36.2 Å². The van der Waals surface area contributed by atoms with Crippen LogP contribution in [0.15, 0.2) is 30.3 Å². The SMILES string of the molecule is CC(=O)N[C@@H](Cc1ccccc1)C(=O)N1CCC[C@H]1C(=O)N1CCC[C@H]1C(=O)N1CCC[C@H]1C(=O)N1CCC[C@H]1C(=O)O. The van der Waals surface area contributed by atoms with Crippen LogP contribution in [0.2, 0.25) is 0 Å². The average Bonchev–Trinajstić information content (AvgIpc) is 3.81. The molecule has 0 unspecified atom stereocenters. The van der Waals surface area contributed by atoms with Crippen molar-refractivity contribution in [3.63, 3.8) is 0 Å². The van der Waals surface area contributed by atoms with Crippen LogP contribution < -0.4 is 5.32 Å². The van der Waals surface area contributed by atoms with Crippen LogP contribution in [-0.2, 0) is 35.2 Å². The standard InChI is InChI=1S/C31H41N5O7/c1-20(37)32-22(19-21-9-3-2-4-10-21)27(38)33-15-5-11-23(33)28(39)34-16-6-12-24(34)29(40)35-17-7-13-25(35)30(41)36-18-8-14-26(36)31(42)43/h2-4,9-10,22-26H,5-8,11-19H2,1H3,(H,32,37)(H,42,43)/t22-,23-,24-,25-,26-/m0/s1. The molecule has 2 N–H and O–H groups in total. The van der Waals surface area contributed by atoms with Gasteiger partial charge in [-0.25, -0.2) is 4.79 Å². The van der Waals surface area contributed by atoms with Gasteiger partial charge in [0, 0.05) is 39.5 Å². The summed E-state index contributed by atoms with van der Waals surface area (Å²) < 4.78 is 0. The predicted molar refractivity (Wildman–Crippen MR) is 154 cm³/mol. The summed E-state index contributed by atoms with van der Waals surface area (Å²) >= 11 is 0. The fourth-order valence-corrected chi connectivity index (χ4v) is 7.22. The van der Waals surface area contributed by atoms with E-state index >= 15 is 0 Å². The molecule has 12 nitrogen and oxygen atoms in total. The Morgan fingerprint density at radius 3 is 1.58 bits per heavy atom. The van der Waals surface area contributed by atoms with Gasteiger partial charge in [-0.2, -0.15) is 0 Å². The van der Waals surface area contributed by atoms with Crippen LogP contribution in [0.3, 0.4) is 0 Å². The zero-order chi connectivity index (χ0) is 30.7. The second-order valence-electron chi connectivity index (χ2n) is 12.0. The van der Waals surface area contributed by atoms with Crippen molar-refractivity contribution < 1.29 is 33.9 Å². The molecular weight excluding hydrogens is 554 g/mol. The molecule has 4 aliphatic heterocycles. The molecule has 4 fully saturated rings. The summed E-state index contributed by atoms with van der Waals surface area (Å²) in [5.41, 5.74) is 0.889. The van der Waals surface area contributed by atoms with Crippen molar-refractivity contribution in [1.82, 2.24) is 24.9 Å². The minimum atomic E-state index is -1.03. The summed E-state index contributed by atoms with van der Waals surface area (Å²) in [6.07, 6.45) is 4.60. The monoisotopic (exact) mass is 595 g/mol. The van der Waals surface area contributed by atoms with E-state index in [2.05, 4.69) is 5.32 Å². The Morgan fingerprint density at radius 1 is 0.698 bits per heavy atom. The second-order valence-corrected chi connectivity index (χ2v) is 12.0. The van der Waals surface area contributed by atoms with E-state index in [1.54, 1.807) is 14.7 Å². The van der Waals surface area contributed by atoms with E-state index in [4.69, 9.17) is 0 Å². The van der Waals surface area contributed by atoms with E-state index in [1.807, 2.05) is 30.3 Å². The Hall–Kier alpha value is -3.96. The van der Waals surface area contributed by atoms with Crippen LogP contribution in [0.5, 0.6) is 0 Å². The van der Waals surface area contributed by atoms with E-state index in [0.29, 0.717) is 84.0 Å². The van der Waals surface area contributed by atoms with Crippen molar-refractivity contribution in [1.29, 1.82) is 0 Å². The molecule has 0 bridgehead atoms. The number of aliphatic carboxylic acids is 1. The van der Waals surface area contributed by atoms with Crippen LogP contribution >= 0.6 is 0 Å². The minimum Gasteiger partial charge on any atom is -0.480 e. The highest BCUT2D eigenvalue weighted by Gasteiger charge is 2.48. The molecule has 1 aromatic rings. The number of hydrogen-bond acceptors (Lipinski definition) is 6. The van der Waals surface area contributed by atoms with Crippen LogP contribution in [0, 0.1) is 0 Å². The number of amides is 5. The van der Waals surface area contributed by atoms with Crippen molar-refractivity contribution in [3.8, 4) is 0 Å². The molecule has 0 aliphatic carbocycles. The Bertz CT molecular complexity index is 1260. The highest BCUT2D eigenvalue weighted by atomic mass is 16.4. The Kier molecular flexibility index (Phi) is 9.31. The van der Waals surface area contributed by atoms with Gasteiger partial charge < -0.3 is 30.0 Å². The van der Waals surface area contributed by atoms with Gasteiger partial charge in [0.25, 0.3) is 0 Å². The predicted octanol–water partition coefficient (Wildman–Crippen LogP) is 0.782. The van der Waals surface area contributed by atoms with Gasteiger partial charge in [0.2, 0.25) is 29.5 Å². The maximum Gasteiger partial charge on any atom is 0.326 e. The normalized spacial score (nSPS) is 26.1. The smallest absolute Gasteiger partial charge is 0.326 e. The first-order valence-corrected chi connectivity index (χ1v) is 15.4. The molecule has 5 amide bonds. The van der Waals surface area contributed by atoms with E-state index in [-0.39, 0.29) is 29.5 Å².